The van der Waals surface area contributed by atoms with Gasteiger partial charge in [0.25, 0.3) is 0 Å². The van der Waals surface area contributed by atoms with Gasteiger partial charge in [-0.3, -0.25) is 4.57 Å². The van der Waals surface area contributed by atoms with Crippen molar-refractivity contribution in [2.24, 2.45) is 5.92 Å². The number of hydrogen-bond donors (Lipinski definition) is 1. The van der Waals surface area contributed by atoms with Crippen molar-refractivity contribution in [3.05, 3.63) is 23.1 Å². The summed E-state index contributed by atoms with van der Waals surface area (Å²) < 4.78 is 1.71. The minimum absolute atomic E-state index is 0.0577. The van der Waals surface area contributed by atoms with E-state index >= 15 is 0 Å². The molecule has 2 heterocycles. The molecule has 2 aromatic heterocycles. The van der Waals surface area contributed by atoms with Crippen LogP contribution in [0, 0.1) is 5.92 Å². The summed E-state index contributed by atoms with van der Waals surface area (Å²) in [5, 5.41) is 9.94. The fourth-order valence-electron chi connectivity index (χ4n) is 2.24. The summed E-state index contributed by atoms with van der Waals surface area (Å²) in [6, 6.07) is 1.03. The standard InChI is InChI=1S/C13H16ClN3O2/c1-4-10-16-9-5-8(14)6-15-12(9)17(10)11(7(2)3)13(18)19/h5-7,11H,4H2,1-3H3,(H,18,19). The number of carboxylic acids is 1. The van der Waals surface area contributed by atoms with E-state index in [4.69, 9.17) is 11.6 Å². The molecule has 0 aliphatic carbocycles. The van der Waals surface area contributed by atoms with Crippen LogP contribution in [-0.4, -0.2) is 25.6 Å². The Morgan fingerprint density at radius 2 is 2.21 bits per heavy atom. The minimum atomic E-state index is -0.874. The third kappa shape index (κ3) is 2.42. The number of imidazole rings is 1. The molecule has 19 heavy (non-hydrogen) atoms. The molecule has 0 amide bonds. The Morgan fingerprint density at radius 1 is 1.53 bits per heavy atom. The number of aromatic nitrogens is 3. The van der Waals surface area contributed by atoms with E-state index in [1.165, 1.54) is 6.20 Å². The van der Waals surface area contributed by atoms with Gasteiger partial charge in [-0.2, -0.15) is 0 Å². The number of carbonyl (C=O) groups is 1. The number of carboxylic acid groups (broad SMARTS) is 1. The molecule has 0 fully saturated rings. The van der Waals surface area contributed by atoms with Crippen LogP contribution in [0.3, 0.4) is 0 Å². The van der Waals surface area contributed by atoms with E-state index in [2.05, 4.69) is 9.97 Å². The number of fused-ring (bicyclic) bond motifs is 1. The van der Waals surface area contributed by atoms with E-state index in [9.17, 15) is 9.90 Å². The number of pyridine rings is 1. The van der Waals surface area contributed by atoms with Crippen LogP contribution in [-0.2, 0) is 11.2 Å². The number of aliphatic carboxylic acids is 1. The Hall–Kier alpha value is -1.62. The number of halogens is 1. The first kappa shape index (κ1) is 13.8. The average Bonchev–Trinajstić information content (AvgIpc) is 2.66. The fraction of sp³-hybridized carbons (Fsp3) is 0.462. The highest BCUT2D eigenvalue weighted by Gasteiger charge is 2.28. The van der Waals surface area contributed by atoms with Crippen LogP contribution in [0.2, 0.25) is 5.02 Å². The van der Waals surface area contributed by atoms with Crippen LogP contribution in [0.25, 0.3) is 11.2 Å². The maximum atomic E-state index is 11.5. The van der Waals surface area contributed by atoms with E-state index in [0.717, 1.165) is 0 Å². The SMILES string of the molecule is CCc1nc2cc(Cl)cnc2n1C(C(=O)O)C(C)C. The molecular weight excluding hydrogens is 266 g/mol. The highest BCUT2D eigenvalue weighted by Crippen LogP contribution is 2.27. The predicted molar refractivity (Wildman–Crippen MR) is 73.4 cm³/mol. The number of nitrogens with zero attached hydrogens (tertiary/aromatic N) is 3. The second-order valence-electron chi connectivity index (χ2n) is 4.77. The second-order valence-corrected chi connectivity index (χ2v) is 5.21. The molecular formula is C13H16ClN3O2. The van der Waals surface area contributed by atoms with Crippen molar-refractivity contribution >= 4 is 28.7 Å². The Labute approximate surface area is 116 Å². The maximum Gasteiger partial charge on any atom is 0.327 e. The third-order valence-electron chi connectivity index (χ3n) is 3.05. The lowest BCUT2D eigenvalue weighted by Crippen LogP contribution is -2.26. The van der Waals surface area contributed by atoms with Gasteiger partial charge in [-0.25, -0.2) is 14.8 Å². The van der Waals surface area contributed by atoms with E-state index in [-0.39, 0.29) is 5.92 Å². The molecule has 0 aliphatic heterocycles. The molecule has 0 saturated carbocycles. The van der Waals surface area contributed by atoms with Crippen molar-refractivity contribution in [3.8, 4) is 0 Å². The lowest BCUT2D eigenvalue weighted by molar-refractivity contribution is -0.142. The van der Waals surface area contributed by atoms with Gasteiger partial charge in [-0.05, 0) is 12.0 Å². The van der Waals surface area contributed by atoms with Gasteiger partial charge < -0.3 is 5.11 Å². The fourth-order valence-corrected chi connectivity index (χ4v) is 2.39. The molecule has 6 heteroatoms. The van der Waals surface area contributed by atoms with Gasteiger partial charge in [0.2, 0.25) is 0 Å². The summed E-state index contributed by atoms with van der Waals surface area (Å²) in [6.07, 6.45) is 2.16. The van der Waals surface area contributed by atoms with Crippen LogP contribution in [0.5, 0.6) is 0 Å². The molecule has 0 aromatic carbocycles. The molecule has 2 rings (SSSR count). The molecule has 1 unspecified atom stereocenters. The first-order valence-corrected chi connectivity index (χ1v) is 6.58. The monoisotopic (exact) mass is 281 g/mol. The third-order valence-corrected chi connectivity index (χ3v) is 3.26. The van der Waals surface area contributed by atoms with Crippen molar-refractivity contribution in [1.82, 2.24) is 14.5 Å². The van der Waals surface area contributed by atoms with E-state index in [1.54, 1.807) is 10.6 Å². The first-order valence-electron chi connectivity index (χ1n) is 6.20. The summed E-state index contributed by atoms with van der Waals surface area (Å²) in [5.41, 5.74) is 1.21. The maximum absolute atomic E-state index is 11.5. The molecule has 0 bridgehead atoms. The normalized spacial score (nSPS) is 13.1. The summed E-state index contributed by atoms with van der Waals surface area (Å²) in [6.45, 7) is 5.69. The van der Waals surface area contributed by atoms with Crippen molar-refractivity contribution in [1.29, 1.82) is 0 Å². The Bertz CT molecular complexity index is 622. The summed E-state index contributed by atoms with van der Waals surface area (Å²) in [7, 11) is 0. The molecule has 0 saturated heterocycles. The molecule has 2 aromatic rings. The molecule has 5 nitrogen and oxygen atoms in total. The summed E-state index contributed by atoms with van der Waals surface area (Å²) in [5.74, 6) is -0.218. The zero-order valence-electron chi connectivity index (χ0n) is 11.1. The zero-order chi connectivity index (χ0) is 14.2. The van der Waals surface area contributed by atoms with Crippen LogP contribution in [0.1, 0.15) is 32.6 Å². The van der Waals surface area contributed by atoms with E-state index in [0.29, 0.717) is 28.4 Å². The molecule has 0 spiro atoms. The average molecular weight is 282 g/mol. The lowest BCUT2D eigenvalue weighted by Gasteiger charge is -2.20. The summed E-state index contributed by atoms with van der Waals surface area (Å²) in [4.78, 5) is 20.2. The molecule has 102 valence electrons. The molecule has 0 radical (unpaired) electrons. The van der Waals surface area contributed by atoms with Gasteiger partial charge in [0.1, 0.15) is 17.4 Å². The molecule has 1 N–H and O–H groups in total. The zero-order valence-corrected chi connectivity index (χ0v) is 11.8. The molecule has 0 aliphatic rings. The quantitative estimate of drug-likeness (QED) is 0.935. The van der Waals surface area contributed by atoms with Gasteiger partial charge >= 0.3 is 5.97 Å². The second kappa shape index (κ2) is 5.17. The Kier molecular flexibility index (Phi) is 3.75. The van der Waals surface area contributed by atoms with Crippen LogP contribution in [0.4, 0.5) is 0 Å². The van der Waals surface area contributed by atoms with E-state index in [1.807, 2.05) is 20.8 Å². The first-order chi connectivity index (χ1) is 8.95. The number of rotatable bonds is 4. The lowest BCUT2D eigenvalue weighted by atomic mass is 10.0. The van der Waals surface area contributed by atoms with Gasteiger partial charge in [-0.1, -0.05) is 32.4 Å². The van der Waals surface area contributed by atoms with Crippen molar-refractivity contribution in [2.75, 3.05) is 0 Å². The Balaban J connectivity index is 2.72. The van der Waals surface area contributed by atoms with Gasteiger partial charge in [0, 0.05) is 12.6 Å². The highest BCUT2D eigenvalue weighted by molar-refractivity contribution is 6.31. The predicted octanol–water partition coefficient (Wildman–Crippen LogP) is 2.93. The van der Waals surface area contributed by atoms with Crippen molar-refractivity contribution < 1.29 is 9.90 Å². The topological polar surface area (TPSA) is 68.0 Å². The van der Waals surface area contributed by atoms with Crippen LogP contribution >= 0.6 is 11.6 Å². The van der Waals surface area contributed by atoms with Crippen molar-refractivity contribution in [3.63, 3.8) is 0 Å². The summed E-state index contributed by atoms with van der Waals surface area (Å²) >= 11 is 5.90. The molecule has 1 atom stereocenters. The van der Waals surface area contributed by atoms with Crippen LogP contribution < -0.4 is 0 Å². The number of hydrogen-bond acceptors (Lipinski definition) is 3. The van der Waals surface area contributed by atoms with E-state index < -0.39 is 12.0 Å². The highest BCUT2D eigenvalue weighted by atomic mass is 35.5. The van der Waals surface area contributed by atoms with Gasteiger partial charge in [-0.15, -0.1) is 0 Å². The largest absolute Gasteiger partial charge is 0.480 e. The van der Waals surface area contributed by atoms with Gasteiger partial charge in [0.05, 0.1) is 5.02 Å². The Morgan fingerprint density at radius 3 is 2.74 bits per heavy atom. The van der Waals surface area contributed by atoms with Gasteiger partial charge in [0.15, 0.2) is 5.65 Å². The number of aryl methyl sites for hydroxylation is 1. The van der Waals surface area contributed by atoms with Crippen molar-refractivity contribution in [2.45, 2.75) is 33.2 Å². The van der Waals surface area contributed by atoms with Crippen LogP contribution in [0.15, 0.2) is 12.3 Å². The smallest absolute Gasteiger partial charge is 0.327 e. The minimum Gasteiger partial charge on any atom is -0.480 e.